The molecule has 2 N–H and O–H groups in total. The highest BCUT2D eigenvalue weighted by Gasteiger charge is 2.27. The van der Waals surface area contributed by atoms with Crippen molar-refractivity contribution in [1.82, 2.24) is 9.88 Å². The van der Waals surface area contributed by atoms with Gasteiger partial charge in [-0.15, -0.1) is 11.3 Å². The molecule has 1 aliphatic carbocycles. The quantitative estimate of drug-likeness (QED) is 0.873. The minimum absolute atomic E-state index is 0.118. The molecule has 1 aliphatic rings. The van der Waals surface area contributed by atoms with Crippen molar-refractivity contribution >= 4 is 22.4 Å². The molecule has 2 amide bonds. The van der Waals surface area contributed by atoms with Crippen LogP contribution in [0.5, 0.6) is 0 Å². The van der Waals surface area contributed by atoms with Gasteiger partial charge in [0.25, 0.3) is 0 Å². The van der Waals surface area contributed by atoms with Crippen molar-refractivity contribution < 1.29 is 9.90 Å². The summed E-state index contributed by atoms with van der Waals surface area (Å²) in [6.45, 7) is 6.86. The van der Waals surface area contributed by atoms with Crippen LogP contribution in [0.4, 0.5) is 9.80 Å². The second-order valence-corrected chi connectivity index (χ2v) is 7.88. The highest BCUT2D eigenvalue weighted by molar-refractivity contribution is 7.16. The van der Waals surface area contributed by atoms with Crippen LogP contribution in [-0.2, 0) is 6.42 Å². The van der Waals surface area contributed by atoms with Gasteiger partial charge in [0.1, 0.15) is 5.00 Å². The molecule has 1 saturated carbocycles. The fourth-order valence-corrected chi connectivity index (χ4v) is 3.79. The van der Waals surface area contributed by atoms with Gasteiger partial charge in [-0.05, 0) is 32.1 Å². The number of hydrogen-bond donors (Lipinski definition) is 2. The van der Waals surface area contributed by atoms with E-state index in [1.165, 1.54) is 11.3 Å². The van der Waals surface area contributed by atoms with Crippen molar-refractivity contribution in [3.8, 4) is 0 Å². The zero-order valence-corrected chi connectivity index (χ0v) is 14.7. The van der Waals surface area contributed by atoms with Crippen LogP contribution >= 0.6 is 11.3 Å². The molecule has 2 unspecified atom stereocenters. The van der Waals surface area contributed by atoms with E-state index in [1.54, 1.807) is 11.9 Å². The SMILES string of the molecule is Cc1nc(CC(C)C)c(NC(=O)N(C)CC2CCCC2O)s1. The molecule has 0 spiro atoms. The maximum Gasteiger partial charge on any atom is 0.322 e. The van der Waals surface area contributed by atoms with Crippen LogP contribution in [-0.4, -0.2) is 40.7 Å². The molecule has 1 heterocycles. The van der Waals surface area contributed by atoms with Gasteiger partial charge in [-0.2, -0.15) is 0 Å². The van der Waals surface area contributed by atoms with Gasteiger partial charge in [-0.25, -0.2) is 9.78 Å². The molecule has 2 rings (SSSR count). The zero-order valence-electron chi connectivity index (χ0n) is 13.9. The number of urea groups is 1. The number of nitrogens with one attached hydrogen (secondary N) is 1. The summed E-state index contributed by atoms with van der Waals surface area (Å²) in [6.07, 6.45) is 3.50. The fraction of sp³-hybridized carbons (Fsp3) is 0.750. The van der Waals surface area contributed by atoms with E-state index in [0.29, 0.717) is 12.5 Å². The van der Waals surface area contributed by atoms with Gasteiger partial charge in [0.15, 0.2) is 0 Å². The van der Waals surface area contributed by atoms with E-state index in [4.69, 9.17) is 0 Å². The van der Waals surface area contributed by atoms with Crippen LogP contribution in [0, 0.1) is 18.8 Å². The van der Waals surface area contributed by atoms with E-state index in [0.717, 1.165) is 41.4 Å². The number of aryl methyl sites for hydroxylation is 1. The Kier molecular flexibility index (Phi) is 5.81. The number of hydrogen-bond acceptors (Lipinski definition) is 4. The molecular weight excluding hydrogens is 298 g/mol. The molecule has 124 valence electrons. The predicted molar refractivity (Wildman–Crippen MR) is 90.4 cm³/mol. The van der Waals surface area contributed by atoms with E-state index in [2.05, 4.69) is 24.1 Å². The molecule has 0 saturated heterocycles. The first kappa shape index (κ1) is 17.2. The minimum Gasteiger partial charge on any atom is -0.393 e. The van der Waals surface area contributed by atoms with Gasteiger partial charge in [-0.1, -0.05) is 20.3 Å². The van der Waals surface area contributed by atoms with E-state index in [-0.39, 0.29) is 18.1 Å². The molecule has 1 aromatic heterocycles. The number of nitrogens with zero attached hydrogens (tertiary/aromatic N) is 2. The molecule has 1 fully saturated rings. The Labute approximate surface area is 136 Å². The Bertz CT molecular complexity index is 515. The van der Waals surface area contributed by atoms with Crippen LogP contribution < -0.4 is 5.32 Å². The van der Waals surface area contributed by atoms with Crippen LogP contribution in [0.3, 0.4) is 0 Å². The molecule has 5 nitrogen and oxygen atoms in total. The number of rotatable bonds is 5. The Balaban J connectivity index is 1.96. The fourth-order valence-electron chi connectivity index (χ4n) is 2.95. The average molecular weight is 325 g/mol. The van der Waals surface area contributed by atoms with Gasteiger partial charge in [0, 0.05) is 19.5 Å². The Morgan fingerprint density at radius 1 is 1.50 bits per heavy atom. The van der Waals surface area contributed by atoms with Gasteiger partial charge < -0.3 is 10.0 Å². The summed E-state index contributed by atoms with van der Waals surface area (Å²) in [5.74, 6) is 0.706. The zero-order chi connectivity index (χ0) is 16.3. The highest BCUT2D eigenvalue weighted by atomic mass is 32.1. The summed E-state index contributed by atoms with van der Waals surface area (Å²) < 4.78 is 0. The molecular formula is C16H27N3O2S. The van der Waals surface area contributed by atoms with Gasteiger partial charge >= 0.3 is 6.03 Å². The number of aliphatic hydroxyl groups excluding tert-OH is 1. The van der Waals surface area contributed by atoms with Crippen molar-refractivity contribution in [3.63, 3.8) is 0 Å². The highest BCUT2D eigenvalue weighted by Crippen LogP contribution is 2.28. The third kappa shape index (κ3) is 4.43. The average Bonchev–Trinajstić information content (AvgIpc) is 2.96. The molecule has 0 aromatic carbocycles. The number of carbonyl (C=O) groups is 1. The monoisotopic (exact) mass is 325 g/mol. The maximum atomic E-state index is 12.4. The number of anilines is 1. The maximum absolute atomic E-state index is 12.4. The third-order valence-corrected chi connectivity index (χ3v) is 5.03. The lowest BCUT2D eigenvalue weighted by Crippen LogP contribution is -2.37. The summed E-state index contributed by atoms with van der Waals surface area (Å²) in [6, 6.07) is -0.118. The molecule has 22 heavy (non-hydrogen) atoms. The lowest BCUT2D eigenvalue weighted by Gasteiger charge is -2.23. The topological polar surface area (TPSA) is 65.5 Å². The van der Waals surface area contributed by atoms with E-state index < -0.39 is 0 Å². The number of amides is 2. The van der Waals surface area contributed by atoms with E-state index >= 15 is 0 Å². The molecule has 0 aliphatic heterocycles. The first-order valence-corrected chi connectivity index (χ1v) is 8.85. The van der Waals surface area contributed by atoms with Gasteiger partial charge in [0.2, 0.25) is 0 Å². The van der Waals surface area contributed by atoms with Crippen LogP contribution in [0.15, 0.2) is 0 Å². The van der Waals surface area contributed by atoms with Crippen molar-refractivity contribution in [3.05, 3.63) is 10.7 Å². The van der Waals surface area contributed by atoms with Crippen molar-refractivity contribution in [2.75, 3.05) is 18.9 Å². The molecule has 0 radical (unpaired) electrons. The first-order chi connectivity index (χ1) is 10.4. The first-order valence-electron chi connectivity index (χ1n) is 8.03. The van der Waals surface area contributed by atoms with Crippen LogP contribution in [0.2, 0.25) is 0 Å². The third-order valence-electron chi connectivity index (χ3n) is 4.10. The summed E-state index contributed by atoms with van der Waals surface area (Å²) in [7, 11) is 1.79. The summed E-state index contributed by atoms with van der Waals surface area (Å²) in [4.78, 5) is 18.6. The molecule has 2 atom stereocenters. The summed E-state index contributed by atoms with van der Waals surface area (Å²) in [5, 5.41) is 14.7. The van der Waals surface area contributed by atoms with Gasteiger partial charge in [0.05, 0.1) is 16.8 Å². The van der Waals surface area contributed by atoms with Gasteiger partial charge in [-0.3, -0.25) is 5.32 Å². The molecule has 6 heteroatoms. The minimum atomic E-state index is -0.266. The smallest absolute Gasteiger partial charge is 0.322 e. The van der Waals surface area contributed by atoms with E-state index in [9.17, 15) is 9.90 Å². The number of carbonyl (C=O) groups excluding carboxylic acids is 1. The van der Waals surface area contributed by atoms with E-state index in [1.807, 2.05) is 6.92 Å². The van der Waals surface area contributed by atoms with Crippen molar-refractivity contribution in [1.29, 1.82) is 0 Å². The lowest BCUT2D eigenvalue weighted by atomic mass is 10.1. The standard InChI is InChI=1S/C16H27N3O2S/c1-10(2)8-13-15(22-11(3)17-13)18-16(21)19(4)9-12-6-5-7-14(12)20/h10,12,14,20H,5-9H2,1-4H3,(H,18,21). The normalized spacial score (nSPS) is 21.4. The second kappa shape index (κ2) is 7.42. The van der Waals surface area contributed by atoms with Crippen LogP contribution in [0.1, 0.15) is 43.8 Å². The van der Waals surface area contributed by atoms with Crippen LogP contribution in [0.25, 0.3) is 0 Å². The summed E-state index contributed by atoms with van der Waals surface area (Å²) >= 11 is 1.53. The number of aliphatic hydroxyl groups is 1. The Hall–Kier alpha value is -1.14. The molecule has 0 bridgehead atoms. The lowest BCUT2D eigenvalue weighted by molar-refractivity contribution is 0.116. The number of thiazole rings is 1. The molecule has 1 aromatic rings. The predicted octanol–water partition coefficient (Wildman–Crippen LogP) is 3.27. The Morgan fingerprint density at radius 2 is 2.23 bits per heavy atom. The summed E-state index contributed by atoms with van der Waals surface area (Å²) in [5.41, 5.74) is 0.972. The number of aromatic nitrogens is 1. The Morgan fingerprint density at radius 3 is 2.82 bits per heavy atom. The van der Waals surface area contributed by atoms with Crippen molar-refractivity contribution in [2.45, 2.75) is 52.6 Å². The van der Waals surface area contributed by atoms with Crippen molar-refractivity contribution in [2.24, 2.45) is 11.8 Å². The second-order valence-electron chi connectivity index (χ2n) is 6.68. The largest absolute Gasteiger partial charge is 0.393 e.